The number of carbonyl (C=O) groups excluding carboxylic acids is 2. The molecule has 4 rings (SSSR count). The van der Waals surface area contributed by atoms with Crippen molar-refractivity contribution in [1.29, 1.82) is 0 Å². The number of nitrogens with zero attached hydrogens (tertiary/aromatic N) is 1. The van der Waals surface area contributed by atoms with E-state index in [9.17, 15) is 22.4 Å². The summed E-state index contributed by atoms with van der Waals surface area (Å²) < 4.78 is 41.9. The fraction of sp³-hybridized carbons (Fsp3) is 0.364. The Hall–Kier alpha value is -2.53. The van der Waals surface area contributed by atoms with E-state index in [4.69, 9.17) is 11.6 Å². The number of hydrogen-bond donors (Lipinski definition) is 3. The van der Waals surface area contributed by atoms with Crippen LogP contribution in [0.2, 0.25) is 5.02 Å². The molecule has 176 valence electrons. The molecule has 2 amide bonds. The number of likely N-dealkylation sites (N-methyl/N-ethyl adjacent to an activating group) is 1. The van der Waals surface area contributed by atoms with Gasteiger partial charge in [0, 0.05) is 12.7 Å². The summed E-state index contributed by atoms with van der Waals surface area (Å²) in [6.07, 6.45) is 2.51. The third-order valence-electron chi connectivity index (χ3n) is 6.06. The summed E-state index contributed by atoms with van der Waals surface area (Å²) >= 11 is 5.75. The van der Waals surface area contributed by atoms with E-state index in [1.165, 1.54) is 19.2 Å². The lowest BCUT2D eigenvalue weighted by molar-refractivity contribution is -0.125. The standard InChI is InChI=1S/C22H24ClFN4O4S/c1-28-20(22(30)25-14-9-10-17(24)16(23)11-14)12-19(27-33(28,31)32)21(29)26-18-8-4-6-13-5-2-3-7-15(13)18/h2-3,5,7,9-11,18-20,27H,4,6,8,12H2,1H3,(H,25,30)(H,26,29)/t18-,19?,20?/m0/s1. The van der Waals surface area contributed by atoms with Gasteiger partial charge in [-0.25, -0.2) is 4.39 Å². The summed E-state index contributed by atoms with van der Waals surface area (Å²) in [4.78, 5) is 25.9. The topological polar surface area (TPSA) is 108 Å². The fourth-order valence-electron chi connectivity index (χ4n) is 4.26. The number of nitrogens with one attached hydrogen (secondary N) is 3. The maximum Gasteiger partial charge on any atom is 0.280 e. The van der Waals surface area contributed by atoms with Gasteiger partial charge in [0.15, 0.2) is 0 Å². The zero-order valence-corrected chi connectivity index (χ0v) is 19.4. The van der Waals surface area contributed by atoms with Crippen LogP contribution in [0.15, 0.2) is 42.5 Å². The third-order valence-corrected chi connectivity index (χ3v) is 7.95. The average molecular weight is 495 g/mol. The SMILES string of the molecule is CN1C(C(=O)Nc2ccc(F)c(Cl)c2)CC(C(=O)N[C@H]2CCCc3ccccc32)NS1(=O)=O. The number of halogens is 2. The van der Waals surface area contributed by atoms with Crippen molar-refractivity contribution in [3.8, 4) is 0 Å². The van der Waals surface area contributed by atoms with Crippen LogP contribution in [0.4, 0.5) is 10.1 Å². The van der Waals surface area contributed by atoms with Crippen LogP contribution in [0.1, 0.15) is 36.4 Å². The monoisotopic (exact) mass is 494 g/mol. The highest BCUT2D eigenvalue weighted by molar-refractivity contribution is 7.87. The Kier molecular flexibility index (Phi) is 6.71. The van der Waals surface area contributed by atoms with E-state index in [-0.39, 0.29) is 23.2 Å². The van der Waals surface area contributed by atoms with Crippen molar-refractivity contribution < 1.29 is 22.4 Å². The van der Waals surface area contributed by atoms with Crippen molar-refractivity contribution in [1.82, 2.24) is 14.3 Å². The second kappa shape index (κ2) is 9.38. The molecule has 3 N–H and O–H groups in total. The molecule has 2 unspecified atom stereocenters. The van der Waals surface area contributed by atoms with Gasteiger partial charge in [-0.15, -0.1) is 0 Å². The van der Waals surface area contributed by atoms with Crippen LogP contribution < -0.4 is 15.4 Å². The lowest BCUT2D eigenvalue weighted by atomic mass is 9.87. The second-order valence-corrected chi connectivity index (χ2v) is 10.4. The maximum absolute atomic E-state index is 13.4. The van der Waals surface area contributed by atoms with Gasteiger partial charge in [-0.2, -0.15) is 17.4 Å². The number of carbonyl (C=O) groups is 2. The molecule has 0 aromatic heterocycles. The van der Waals surface area contributed by atoms with Crippen LogP contribution in [0.3, 0.4) is 0 Å². The van der Waals surface area contributed by atoms with Crippen molar-refractivity contribution in [2.45, 2.75) is 43.8 Å². The van der Waals surface area contributed by atoms with Gasteiger partial charge in [0.2, 0.25) is 11.8 Å². The summed E-state index contributed by atoms with van der Waals surface area (Å²) in [6, 6.07) is 9.00. The maximum atomic E-state index is 13.4. The highest BCUT2D eigenvalue weighted by Crippen LogP contribution is 2.30. The van der Waals surface area contributed by atoms with Gasteiger partial charge in [0.25, 0.3) is 10.2 Å². The molecule has 0 bridgehead atoms. The predicted octanol–water partition coefficient (Wildman–Crippen LogP) is 2.52. The number of hydrogen-bond acceptors (Lipinski definition) is 4. The highest BCUT2D eigenvalue weighted by atomic mass is 35.5. The van der Waals surface area contributed by atoms with E-state index >= 15 is 0 Å². The van der Waals surface area contributed by atoms with E-state index < -0.39 is 39.9 Å². The quantitative estimate of drug-likeness (QED) is 0.607. The minimum Gasteiger partial charge on any atom is -0.348 e. The van der Waals surface area contributed by atoms with Crippen molar-refractivity contribution in [3.63, 3.8) is 0 Å². The molecule has 1 fully saturated rings. The van der Waals surface area contributed by atoms with E-state index in [0.717, 1.165) is 40.8 Å². The van der Waals surface area contributed by atoms with Gasteiger partial charge in [0.1, 0.15) is 17.9 Å². The van der Waals surface area contributed by atoms with Crippen LogP contribution in [0, 0.1) is 5.82 Å². The van der Waals surface area contributed by atoms with E-state index in [0.29, 0.717) is 0 Å². The molecule has 2 aromatic carbocycles. The number of benzene rings is 2. The van der Waals surface area contributed by atoms with Gasteiger partial charge in [-0.3, -0.25) is 9.59 Å². The molecule has 1 heterocycles. The Balaban J connectivity index is 1.50. The van der Waals surface area contributed by atoms with Crippen LogP contribution in [0.25, 0.3) is 0 Å². The zero-order valence-electron chi connectivity index (χ0n) is 17.8. The van der Waals surface area contributed by atoms with Crippen molar-refractivity contribution >= 4 is 39.3 Å². The first kappa shape index (κ1) is 23.6. The van der Waals surface area contributed by atoms with Gasteiger partial charge >= 0.3 is 0 Å². The number of aryl methyl sites for hydroxylation is 1. The molecule has 8 nitrogen and oxygen atoms in total. The van der Waals surface area contributed by atoms with Crippen LogP contribution in [-0.4, -0.2) is 43.7 Å². The smallest absolute Gasteiger partial charge is 0.280 e. The first-order valence-electron chi connectivity index (χ1n) is 10.5. The van der Waals surface area contributed by atoms with Crippen molar-refractivity contribution in [3.05, 3.63) is 64.4 Å². The Labute approximate surface area is 196 Å². The van der Waals surface area contributed by atoms with E-state index in [1.807, 2.05) is 24.3 Å². The Morgan fingerprint density at radius 2 is 1.94 bits per heavy atom. The molecule has 3 atom stereocenters. The molecule has 0 spiro atoms. The molecule has 1 aliphatic carbocycles. The Bertz CT molecular complexity index is 1190. The lowest BCUT2D eigenvalue weighted by Crippen LogP contribution is -2.62. The molecule has 0 radical (unpaired) electrons. The van der Waals surface area contributed by atoms with E-state index in [2.05, 4.69) is 15.4 Å². The van der Waals surface area contributed by atoms with Crippen LogP contribution in [-0.2, 0) is 26.2 Å². The normalized spacial score (nSPS) is 24.5. The molecule has 11 heteroatoms. The molecular formula is C22H24ClFN4O4S. The van der Waals surface area contributed by atoms with Gasteiger partial charge in [0.05, 0.1) is 11.1 Å². The number of anilines is 1. The molecule has 2 aromatic rings. The Morgan fingerprint density at radius 1 is 1.18 bits per heavy atom. The summed E-state index contributed by atoms with van der Waals surface area (Å²) in [5.74, 6) is -1.78. The Morgan fingerprint density at radius 3 is 2.70 bits per heavy atom. The first-order valence-corrected chi connectivity index (χ1v) is 12.4. The zero-order chi connectivity index (χ0) is 23.8. The van der Waals surface area contributed by atoms with Gasteiger partial charge in [-0.05, 0) is 55.0 Å². The highest BCUT2D eigenvalue weighted by Gasteiger charge is 2.43. The first-order chi connectivity index (χ1) is 15.7. The summed E-state index contributed by atoms with van der Waals surface area (Å²) in [7, 11) is -2.82. The number of rotatable bonds is 4. The molecule has 1 aliphatic heterocycles. The molecule has 33 heavy (non-hydrogen) atoms. The lowest BCUT2D eigenvalue weighted by Gasteiger charge is -2.36. The molecule has 0 saturated carbocycles. The van der Waals surface area contributed by atoms with Gasteiger partial charge in [-0.1, -0.05) is 35.9 Å². The summed E-state index contributed by atoms with van der Waals surface area (Å²) in [6.45, 7) is 0. The van der Waals surface area contributed by atoms with Crippen LogP contribution >= 0.6 is 11.6 Å². The predicted molar refractivity (Wildman–Crippen MR) is 122 cm³/mol. The summed E-state index contributed by atoms with van der Waals surface area (Å²) in [5, 5.41) is 5.31. The third kappa shape index (κ3) is 5.03. The van der Waals surface area contributed by atoms with E-state index in [1.54, 1.807) is 0 Å². The summed E-state index contributed by atoms with van der Waals surface area (Å²) in [5.41, 5.74) is 2.40. The van der Waals surface area contributed by atoms with Crippen molar-refractivity contribution in [2.24, 2.45) is 0 Å². The molecular weight excluding hydrogens is 471 g/mol. The van der Waals surface area contributed by atoms with Crippen molar-refractivity contribution in [2.75, 3.05) is 12.4 Å². The number of fused-ring (bicyclic) bond motifs is 1. The average Bonchev–Trinajstić information content (AvgIpc) is 2.78. The van der Waals surface area contributed by atoms with Crippen LogP contribution in [0.5, 0.6) is 0 Å². The van der Waals surface area contributed by atoms with Gasteiger partial charge < -0.3 is 10.6 Å². The molecule has 2 aliphatic rings. The second-order valence-electron chi connectivity index (χ2n) is 8.21. The number of amides is 2. The fourth-order valence-corrected chi connectivity index (χ4v) is 5.69. The molecule has 1 saturated heterocycles. The largest absolute Gasteiger partial charge is 0.348 e. The minimum absolute atomic E-state index is 0.0727. The minimum atomic E-state index is -4.08.